The minimum absolute atomic E-state index is 0.390. The fraction of sp³-hybridized carbons (Fsp3) is 0.167. The molecule has 0 aliphatic heterocycles. The lowest BCUT2D eigenvalue weighted by Gasteiger charge is -2.11. The number of hydrogen-bond acceptors (Lipinski definition) is 5. The van der Waals surface area contributed by atoms with Crippen molar-refractivity contribution in [3.8, 4) is 22.1 Å². The highest BCUT2D eigenvalue weighted by Crippen LogP contribution is 2.42. The van der Waals surface area contributed by atoms with Crippen molar-refractivity contribution >= 4 is 29.2 Å². The summed E-state index contributed by atoms with van der Waals surface area (Å²) in [5, 5.41) is 2.77. The average Bonchev–Trinajstić information content (AvgIpc) is 2.86. The Balaban J connectivity index is 2.54. The third-order valence-electron chi connectivity index (χ3n) is 2.36. The maximum atomic E-state index is 10.6. The van der Waals surface area contributed by atoms with Gasteiger partial charge in [-0.3, -0.25) is 4.79 Å². The SMILES string of the molecule is COc1ccc(-c2nc(C=O)cs2)c(Cl)c1OC. The van der Waals surface area contributed by atoms with Crippen LogP contribution < -0.4 is 9.47 Å². The standard InChI is InChI=1S/C12H10ClNO3S/c1-16-9-4-3-8(10(13)11(9)17-2)12-14-7(5-15)6-18-12/h3-6H,1-2H3. The van der Waals surface area contributed by atoms with Crippen molar-refractivity contribution in [2.45, 2.75) is 0 Å². The number of ether oxygens (including phenoxy) is 2. The van der Waals surface area contributed by atoms with Crippen molar-refractivity contribution < 1.29 is 14.3 Å². The lowest BCUT2D eigenvalue weighted by molar-refractivity contribution is 0.111. The van der Waals surface area contributed by atoms with Gasteiger partial charge in [-0.25, -0.2) is 4.98 Å². The summed E-state index contributed by atoms with van der Waals surface area (Å²) in [7, 11) is 3.06. The highest BCUT2D eigenvalue weighted by atomic mass is 35.5. The molecule has 0 N–H and O–H groups in total. The number of aldehydes is 1. The van der Waals surface area contributed by atoms with Crippen LogP contribution in [0.25, 0.3) is 10.6 Å². The Labute approximate surface area is 113 Å². The summed E-state index contributed by atoms with van der Waals surface area (Å²) in [5.74, 6) is 1.01. The van der Waals surface area contributed by atoms with Crippen LogP contribution in [0, 0.1) is 0 Å². The molecule has 94 valence electrons. The molecule has 0 fully saturated rings. The molecule has 0 atom stereocenters. The van der Waals surface area contributed by atoms with Crippen LogP contribution in [0.1, 0.15) is 10.5 Å². The summed E-state index contributed by atoms with van der Waals surface area (Å²) in [6.45, 7) is 0. The van der Waals surface area contributed by atoms with Gasteiger partial charge in [0, 0.05) is 10.9 Å². The molecule has 0 bridgehead atoms. The van der Waals surface area contributed by atoms with Crippen molar-refractivity contribution in [3.63, 3.8) is 0 Å². The average molecular weight is 284 g/mol. The van der Waals surface area contributed by atoms with E-state index in [9.17, 15) is 4.79 Å². The minimum Gasteiger partial charge on any atom is -0.493 e. The number of rotatable bonds is 4. The first-order valence-corrected chi connectivity index (χ1v) is 6.28. The van der Waals surface area contributed by atoms with Gasteiger partial charge in [-0.1, -0.05) is 11.6 Å². The van der Waals surface area contributed by atoms with Gasteiger partial charge in [0.1, 0.15) is 10.7 Å². The maximum absolute atomic E-state index is 10.6. The molecule has 0 saturated carbocycles. The van der Waals surface area contributed by atoms with Crippen molar-refractivity contribution in [1.82, 2.24) is 4.98 Å². The monoisotopic (exact) mass is 283 g/mol. The Bertz CT molecular complexity index is 583. The van der Waals surface area contributed by atoms with Gasteiger partial charge in [-0.15, -0.1) is 11.3 Å². The first kappa shape index (κ1) is 12.9. The lowest BCUT2D eigenvalue weighted by atomic mass is 10.2. The Morgan fingerprint density at radius 3 is 2.67 bits per heavy atom. The molecule has 1 aromatic heterocycles. The lowest BCUT2D eigenvalue weighted by Crippen LogP contribution is -1.93. The van der Waals surface area contributed by atoms with Crippen LogP contribution >= 0.6 is 22.9 Å². The van der Waals surface area contributed by atoms with E-state index in [2.05, 4.69) is 4.98 Å². The molecule has 0 unspecified atom stereocenters. The minimum atomic E-state index is 0.390. The fourth-order valence-corrected chi connectivity index (χ4v) is 2.69. The van der Waals surface area contributed by atoms with Crippen molar-refractivity contribution in [1.29, 1.82) is 0 Å². The van der Waals surface area contributed by atoms with Crippen LogP contribution in [0.5, 0.6) is 11.5 Å². The zero-order valence-electron chi connectivity index (χ0n) is 9.77. The van der Waals surface area contributed by atoms with Crippen molar-refractivity contribution in [2.24, 2.45) is 0 Å². The van der Waals surface area contributed by atoms with Crippen LogP contribution in [0.4, 0.5) is 0 Å². The van der Waals surface area contributed by atoms with Gasteiger partial charge in [-0.2, -0.15) is 0 Å². The van der Waals surface area contributed by atoms with Gasteiger partial charge >= 0.3 is 0 Å². The molecule has 0 amide bonds. The van der Waals surface area contributed by atoms with Crippen molar-refractivity contribution in [3.05, 3.63) is 28.2 Å². The molecule has 0 aliphatic carbocycles. The first-order valence-electron chi connectivity index (χ1n) is 5.02. The summed E-state index contributed by atoms with van der Waals surface area (Å²) >= 11 is 7.60. The summed E-state index contributed by atoms with van der Waals surface area (Å²) in [6.07, 6.45) is 0.703. The molecule has 18 heavy (non-hydrogen) atoms. The predicted octanol–water partition coefficient (Wildman–Crippen LogP) is 3.29. The summed E-state index contributed by atoms with van der Waals surface area (Å²) < 4.78 is 10.4. The van der Waals surface area contributed by atoms with E-state index in [0.717, 1.165) is 0 Å². The second kappa shape index (κ2) is 5.37. The number of methoxy groups -OCH3 is 2. The molecule has 0 saturated heterocycles. The molecule has 0 radical (unpaired) electrons. The number of carbonyl (C=O) groups excluding carboxylic acids is 1. The maximum Gasteiger partial charge on any atom is 0.180 e. The third kappa shape index (κ3) is 2.19. The van der Waals surface area contributed by atoms with Gasteiger partial charge in [0.05, 0.1) is 19.2 Å². The molecule has 0 aliphatic rings. The van der Waals surface area contributed by atoms with Crippen LogP contribution in [0.2, 0.25) is 5.02 Å². The van der Waals surface area contributed by atoms with E-state index in [1.54, 1.807) is 24.6 Å². The number of hydrogen-bond donors (Lipinski definition) is 0. The zero-order chi connectivity index (χ0) is 13.1. The molecule has 1 aromatic carbocycles. The summed E-state index contributed by atoms with van der Waals surface area (Å²) in [4.78, 5) is 14.8. The smallest absolute Gasteiger partial charge is 0.180 e. The van der Waals surface area contributed by atoms with E-state index in [-0.39, 0.29) is 0 Å². The van der Waals surface area contributed by atoms with E-state index in [0.29, 0.717) is 39.1 Å². The molecule has 0 spiro atoms. The summed E-state index contributed by atoms with van der Waals surface area (Å²) in [6, 6.07) is 3.54. The number of thiazole rings is 1. The van der Waals surface area contributed by atoms with Gasteiger partial charge < -0.3 is 9.47 Å². The third-order valence-corrected chi connectivity index (χ3v) is 3.63. The van der Waals surface area contributed by atoms with Crippen LogP contribution in [0.3, 0.4) is 0 Å². The molecule has 6 heteroatoms. The quantitative estimate of drug-likeness (QED) is 0.808. The van der Waals surface area contributed by atoms with E-state index in [1.807, 2.05) is 0 Å². The second-order valence-corrected chi connectivity index (χ2v) is 4.59. The van der Waals surface area contributed by atoms with Gasteiger partial charge in [-0.05, 0) is 12.1 Å². The molecular formula is C12H10ClNO3S. The van der Waals surface area contributed by atoms with E-state index >= 15 is 0 Å². The highest BCUT2D eigenvalue weighted by molar-refractivity contribution is 7.13. The highest BCUT2D eigenvalue weighted by Gasteiger charge is 2.16. The Hall–Kier alpha value is -1.59. The molecule has 2 rings (SSSR count). The second-order valence-electron chi connectivity index (χ2n) is 3.36. The molecule has 2 aromatic rings. The Morgan fingerprint density at radius 2 is 2.11 bits per heavy atom. The predicted molar refractivity (Wildman–Crippen MR) is 71.1 cm³/mol. The fourth-order valence-electron chi connectivity index (χ4n) is 1.52. The zero-order valence-corrected chi connectivity index (χ0v) is 11.3. The van der Waals surface area contributed by atoms with Gasteiger partial charge in [0.25, 0.3) is 0 Å². The first-order chi connectivity index (χ1) is 8.71. The summed E-state index contributed by atoms with van der Waals surface area (Å²) in [5.41, 5.74) is 1.10. The number of benzene rings is 1. The largest absolute Gasteiger partial charge is 0.493 e. The van der Waals surface area contributed by atoms with E-state index in [1.165, 1.54) is 18.4 Å². The number of halogens is 1. The number of aromatic nitrogens is 1. The van der Waals surface area contributed by atoms with Crippen LogP contribution in [-0.2, 0) is 0 Å². The van der Waals surface area contributed by atoms with Crippen LogP contribution in [-0.4, -0.2) is 25.5 Å². The van der Waals surface area contributed by atoms with Crippen LogP contribution in [0.15, 0.2) is 17.5 Å². The normalized spacial score (nSPS) is 10.2. The topological polar surface area (TPSA) is 48.4 Å². The molecule has 4 nitrogen and oxygen atoms in total. The molecular weight excluding hydrogens is 274 g/mol. The van der Waals surface area contributed by atoms with Crippen molar-refractivity contribution in [2.75, 3.05) is 14.2 Å². The van der Waals surface area contributed by atoms with E-state index in [4.69, 9.17) is 21.1 Å². The Kier molecular flexibility index (Phi) is 3.84. The van der Waals surface area contributed by atoms with Gasteiger partial charge in [0.2, 0.25) is 0 Å². The number of carbonyl (C=O) groups is 1. The Morgan fingerprint density at radius 1 is 1.33 bits per heavy atom. The van der Waals surface area contributed by atoms with E-state index < -0.39 is 0 Å². The van der Waals surface area contributed by atoms with Gasteiger partial charge in [0.15, 0.2) is 17.8 Å². The molecule has 1 heterocycles. The number of nitrogens with zero attached hydrogens (tertiary/aromatic N) is 1.